The summed E-state index contributed by atoms with van der Waals surface area (Å²) in [6.07, 6.45) is 7.63. The van der Waals surface area contributed by atoms with Gasteiger partial charge in [0.15, 0.2) is 0 Å². The lowest BCUT2D eigenvalue weighted by atomic mass is 10.00. The maximum atomic E-state index is 13.6. The van der Waals surface area contributed by atoms with E-state index in [9.17, 15) is 4.79 Å². The molecule has 3 heterocycles. The van der Waals surface area contributed by atoms with Crippen LogP contribution in [0.25, 0.3) is 0 Å². The van der Waals surface area contributed by atoms with Crippen LogP contribution in [0.5, 0.6) is 5.75 Å². The molecule has 1 atom stereocenters. The molecule has 5 rings (SSSR count). The van der Waals surface area contributed by atoms with E-state index in [-0.39, 0.29) is 11.9 Å². The van der Waals surface area contributed by atoms with Gasteiger partial charge in [-0.3, -0.25) is 9.78 Å². The third kappa shape index (κ3) is 5.27. The van der Waals surface area contributed by atoms with E-state index in [0.717, 1.165) is 42.0 Å². The molecular formula is C29H29N3O3. The average molecular weight is 468 g/mol. The van der Waals surface area contributed by atoms with Crippen LogP contribution in [0, 0.1) is 0 Å². The number of hydrogen-bond acceptors (Lipinski definition) is 5. The smallest absolute Gasteiger partial charge is 0.254 e. The molecule has 0 N–H and O–H groups in total. The van der Waals surface area contributed by atoms with Crippen LogP contribution < -0.4 is 4.74 Å². The zero-order valence-electron chi connectivity index (χ0n) is 19.9. The lowest BCUT2D eigenvalue weighted by Crippen LogP contribution is -2.38. The molecule has 2 aromatic heterocycles. The number of pyridine rings is 1. The van der Waals surface area contributed by atoms with E-state index < -0.39 is 0 Å². The highest BCUT2D eigenvalue weighted by Gasteiger charge is 2.32. The number of methoxy groups -OCH3 is 1. The van der Waals surface area contributed by atoms with Crippen molar-refractivity contribution in [2.45, 2.75) is 38.1 Å². The summed E-state index contributed by atoms with van der Waals surface area (Å²) in [5, 5.41) is 0. The third-order valence-corrected chi connectivity index (χ3v) is 6.47. The van der Waals surface area contributed by atoms with Crippen LogP contribution in [0.15, 0.2) is 83.5 Å². The van der Waals surface area contributed by atoms with Crippen molar-refractivity contribution in [2.75, 3.05) is 13.7 Å². The number of carbonyl (C=O) groups excluding carboxylic acids is 1. The largest absolute Gasteiger partial charge is 0.496 e. The van der Waals surface area contributed by atoms with Crippen molar-refractivity contribution in [3.63, 3.8) is 0 Å². The highest BCUT2D eigenvalue weighted by molar-refractivity contribution is 5.94. The van der Waals surface area contributed by atoms with Gasteiger partial charge in [-0.2, -0.15) is 0 Å². The summed E-state index contributed by atoms with van der Waals surface area (Å²) >= 11 is 0. The fraction of sp³-hybridized carbons (Fsp3) is 0.276. The Morgan fingerprint density at radius 1 is 1.03 bits per heavy atom. The molecule has 1 saturated heterocycles. The zero-order chi connectivity index (χ0) is 24.0. The molecule has 6 nitrogen and oxygen atoms in total. The SMILES string of the molecule is COc1ccccc1Cc1cc(C(=O)N2CCCCC2c2ncc(Cc3ccccc3)o2)ccn1. The van der Waals surface area contributed by atoms with E-state index >= 15 is 0 Å². The first kappa shape index (κ1) is 22.8. The summed E-state index contributed by atoms with van der Waals surface area (Å²) in [6, 6.07) is 21.6. The van der Waals surface area contributed by atoms with Crippen molar-refractivity contribution in [1.82, 2.24) is 14.9 Å². The molecule has 4 aromatic rings. The van der Waals surface area contributed by atoms with Gasteiger partial charge in [-0.15, -0.1) is 0 Å². The number of benzene rings is 2. The normalized spacial score (nSPS) is 15.7. The van der Waals surface area contributed by atoms with Crippen molar-refractivity contribution in [3.05, 3.63) is 113 Å². The molecule has 0 bridgehead atoms. The van der Waals surface area contributed by atoms with Gasteiger partial charge in [0.05, 0.1) is 13.3 Å². The minimum Gasteiger partial charge on any atom is -0.496 e. The summed E-state index contributed by atoms with van der Waals surface area (Å²) in [7, 11) is 1.66. The summed E-state index contributed by atoms with van der Waals surface area (Å²) in [5.74, 6) is 2.23. The molecule has 178 valence electrons. The van der Waals surface area contributed by atoms with Crippen LogP contribution >= 0.6 is 0 Å². The minimum absolute atomic E-state index is 0.0128. The molecule has 1 aliphatic rings. The number of nitrogens with zero attached hydrogens (tertiary/aromatic N) is 3. The van der Waals surface area contributed by atoms with Crippen molar-refractivity contribution in [1.29, 1.82) is 0 Å². The maximum absolute atomic E-state index is 13.6. The van der Waals surface area contributed by atoms with Crippen LogP contribution in [0.4, 0.5) is 0 Å². The number of amides is 1. The first-order chi connectivity index (χ1) is 17.2. The van der Waals surface area contributed by atoms with Crippen LogP contribution in [0.3, 0.4) is 0 Å². The number of likely N-dealkylation sites (tertiary alicyclic amines) is 1. The Kier molecular flexibility index (Phi) is 6.89. The van der Waals surface area contributed by atoms with Crippen LogP contribution in [-0.4, -0.2) is 34.4 Å². The second kappa shape index (κ2) is 10.6. The van der Waals surface area contributed by atoms with E-state index in [4.69, 9.17) is 9.15 Å². The van der Waals surface area contributed by atoms with E-state index in [2.05, 4.69) is 22.1 Å². The van der Waals surface area contributed by atoms with Gasteiger partial charge in [-0.25, -0.2) is 4.98 Å². The molecule has 6 heteroatoms. The predicted molar refractivity (Wildman–Crippen MR) is 133 cm³/mol. The van der Waals surface area contributed by atoms with Gasteiger partial charge in [-0.1, -0.05) is 48.5 Å². The van der Waals surface area contributed by atoms with Gasteiger partial charge in [0, 0.05) is 42.4 Å². The Morgan fingerprint density at radius 3 is 2.71 bits per heavy atom. The third-order valence-electron chi connectivity index (χ3n) is 6.47. The van der Waals surface area contributed by atoms with Crippen molar-refractivity contribution in [3.8, 4) is 5.75 Å². The van der Waals surface area contributed by atoms with Crippen LogP contribution in [-0.2, 0) is 12.8 Å². The van der Waals surface area contributed by atoms with E-state index in [1.54, 1.807) is 25.6 Å². The van der Waals surface area contributed by atoms with Gasteiger partial charge in [0.2, 0.25) is 5.89 Å². The molecule has 0 spiro atoms. The first-order valence-corrected chi connectivity index (χ1v) is 12.1. The van der Waals surface area contributed by atoms with Crippen molar-refractivity contribution in [2.24, 2.45) is 0 Å². The molecule has 1 aliphatic heterocycles. The molecule has 1 fully saturated rings. The summed E-state index contributed by atoms with van der Waals surface area (Å²) < 4.78 is 11.6. The molecule has 1 amide bonds. The van der Waals surface area contributed by atoms with Crippen LogP contribution in [0.1, 0.15) is 64.1 Å². The minimum atomic E-state index is -0.161. The first-order valence-electron chi connectivity index (χ1n) is 12.1. The van der Waals surface area contributed by atoms with Crippen molar-refractivity contribution >= 4 is 5.91 Å². The quantitative estimate of drug-likeness (QED) is 0.352. The molecule has 0 aliphatic carbocycles. The fourth-order valence-electron chi connectivity index (χ4n) is 4.70. The second-order valence-electron chi connectivity index (χ2n) is 8.86. The second-order valence-corrected chi connectivity index (χ2v) is 8.86. The summed E-state index contributed by atoms with van der Waals surface area (Å²) in [5.41, 5.74) is 3.67. The summed E-state index contributed by atoms with van der Waals surface area (Å²) in [4.78, 5) is 24.6. The van der Waals surface area contributed by atoms with Gasteiger partial charge >= 0.3 is 0 Å². The molecule has 0 radical (unpaired) electrons. The predicted octanol–water partition coefficient (Wildman–Crippen LogP) is 5.63. The van der Waals surface area contributed by atoms with Gasteiger partial charge in [0.25, 0.3) is 5.91 Å². The Bertz CT molecular complexity index is 1290. The molecule has 1 unspecified atom stereocenters. The Hall–Kier alpha value is -3.93. The van der Waals surface area contributed by atoms with Gasteiger partial charge in [0.1, 0.15) is 17.6 Å². The van der Waals surface area contributed by atoms with Crippen LogP contribution in [0.2, 0.25) is 0 Å². The molecule has 0 saturated carbocycles. The number of carbonyl (C=O) groups is 1. The van der Waals surface area contributed by atoms with Crippen molar-refractivity contribution < 1.29 is 13.9 Å². The van der Waals surface area contributed by atoms with Gasteiger partial charge in [-0.05, 0) is 43.0 Å². The Balaban J connectivity index is 1.34. The lowest BCUT2D eigenvalue weighted by molar-refractivity contribution is 0.0570. The number of rotatable bonds is 7. The van der Waals surface area contributed by atoms with E-state index in [1.807, 2.05) is 53.4 Å². The number of para-hydroxylation sites is 1. The average Bonchev–Trinajstić information content (AvgIpc) is 3.37. The lowest BCUT2D eigenvalue weighted by Gasteiger charge is -2.34. The monoisotopic (exact) mass is 467 g/mol. The standard InChI is InChI=1S/C29H29N3O3/c1-34-27-13-6-5-11-22(27)18-24-19-23(14-15-30-24)29(33)32-16-8-7-12-26(32)28-31-20-25(35-28)17-21-9-3-2-4-10-21/h2-6,9-11,13-15,19-20,26H,7-8,12,16-18H2,1H3. The molecule has 35 heavy (non-hydrogen) atoms. The number of hydrogen-bond donors (Lipinski definition) is 0. The number of aromatic nitrogens is 2. The number of oxazole rings is 1. The highest BCUT2D eigenvalue weighted by Crippen LogP contribution is 2.32. The Labute approximate surface area is 205 Å². The topological polar surface area (TPSA) is 68.5 Å². The van der Waals surface area contributed by atoms with E-state index in [1.165, 1.54) is 5.56 Å². The highest BCUT2D eigenvalue weighted by atomic mass is 16.5. The maximum Gasteiger partial charge on any atom is 0.254 e. The van der Waals surface area contributed by atoms with Gasteiger partial charge < -0.3 is 14.1 Å². The number of piperidine rings is 1. The van der Waals surface area contributed by atoms with E-state index in [0.29, 0.717) is 30.8 Å². The Morgan fingerprint density at radius 2 is 1.86 bits per heavy atom. The molecule has 2 aromatic carbocycles. The molecular weight excluding hydrogens is 438 g/mol. The fourth-order valence-corrected chi connectivity index (χ4v) is 4.70. The zero-order valence-corrected chi connectivity index (χ0v) is 19.9. The summed E-state index contributed by atoms with van der Waals surface area (Å²) in [6.45, 7) is 0.685. The number of ether oxygens (including phenoxy) is 1.